The van der Waals surface area contributed by atoms with E-state index >= 15 is 0 Å². The van der Waals surface area contributed by atoms with Gasteiger partial charge in [-0.3, -0.25) is 19.0 Å². The van der Waals surface area contributed by atoms with Crippen molar-refractivity contribution < 1.29 is 9.59 Å². The van der Waals surface area contributed by atoms with E-state index in [-0.39, 0.29) is 17.9 Å². The number of carbonyl (C=O) groups is 2. The normalized spacial score (nSPS) is 12.0. The van der Waals surface area contributed by atoms with Crippen molar-refractivity contribution in [2.24, 2.45) is 7.05 Å². The van der Waals surface area contributed by atoms with Crippen LogP contribution in [0.15, 0.2) is 54.6 Å². The number of rotatable bonds is 9. The zero-order valence-corrected chi connectivity index (χ0v) is 21.7. The molecule has 2 amide bonds. The lowest BCUT2D eigenvalue weighted by Gasteiger charge is -2.28. The Morgan fingerprint density at radius 1 is 1.06 bits per heavy atom. The number of carbonyl (C=O) groups excluding carboxylic acids is 2. The lowest BCUT2D eigenvalue weighted by molar-refractivity contribution is 0.0718. The molecule has 2 aromatic carbocycles. The van der Waals surface area contributed by atoms with Crippen molar-refractivity contribution in [1.82, 2.24) is 29.8 Å². The molecule has 36 heavy (non-hydrogen) atoms. The minimum absolute atomic E-state index is 0.125. The minimum atomic E-state index is -0.156. The van der Waals surface area contributed by atoms with Crippen molar-refractivity contribution in [1.29, 1.82) is 0 Å². The first kappa shape index (κ1) is 25.2. The number of nitrogens with one attached hydrogen (secondary N) is 1. The third kappa shape index (κ3) is 5.32. The molecule has 0 unspecified atom stereocenters. The van der Waals surface area contributed by atoms with Gasteiger partial charge in [0.25, 0.3) is 11.8 Å². The summed E-state index contributed by atoms with van der Waals surface area (Å²) in [5, 5.41) is 12.8. The first-order valence-corrected chi connectivity index (χ1v) is 12.4. The maximum atomic E-state index is 13.7. The summed E-state index contributed by atoms with van der Waals surface area (Å²) in [6.07, 6.45) is 1.28. The van der Waals surface area contributed by atoms with E-state index in [1.807, 2.05) is 71.3 Å². The molecule has 0 saturated heterocycles. The number of benzene rings is 2. The number of aryl methyl sites for hydroxylation is 4. The number of likely N-dealkylation sites (N-methyl/N-ethyl adjacent to an activating group) is 1. The number of hydrogen-bond donors (Lipinski definition) is 1. The zero-order chi connectivity index (χ0) is 25.8. The zero-order valence-electron chi connectivity index (χ0n) is 21.7. The third-order valence-electron chi connectivity index (χ3n) is 6.59. The van der Waals surface area contributed by atoms with Crippen molar-refractivity contribution >= 4 is 22.7 Å². The van der Waals surface area contributed by atoms with E-state index < -0.39 is 0 Å². The van der Waals surface area contributed by atoms with Crippen LogP contribution in [-0.4, -0.2) is 55.9 Å². The molecule has 0 aliphatic carbocycles. The summed E-state index contributed by atoms with van der Waals surface area (Å²) >= 11 is 0. The van der Waals surface area contributed by atoms with Gasteiger partial charge in [0, 0.05) is 38.6 Å². The first-order chi connectivity index (χ1) is 17.3. The fourth-order valence-electron chi connectivity index (χ4n) is 4.60. The summed E-state index contributed by atoms with van der Waals surface area (Å²) in [5.74, 6) is -0.283. The Labute approximate surface area is 211 Å². The second-order valence-corrected chi connectivity index (χ2v) is 9.28. The summed E-state index contributed by atoms with van der Waals surface area (Å²) in [6.45, 7) is 6.91. The fourth-order valence-corrected chi connectivity index (χ4v) is 4.60. The molecule has 1 N–H and O–H groups in total. The van der Waals surface area contributed by atoms with Crippen LogP contribution in [0.1, 0.15) is 51.1 Å². The Bertz CT molecular complexity index is 1370. The minimum Gasteiger partial charge on any atom is -0.351 e. The van der Waals surface area contributed by atoms with Gasteiger partial charge in [-0.1, -0.05) is 42.0 Å². The van der Waals surface area contributed by atoms with E-state index in [1.165, 1.54) is 0 Å². The molecule has 0 radical (unpaired) electrons. The molecule has 8 nitrogen and oxygen atoms in total. The highest BCUT2D eigenvalue weighted by Gasteiger charge is 2.26. The second-order valence-electron chi connectivity index (χ2n) is 9.28. The Morgan fingerprint density at radius 3 is 2.53 bits per heavy atom. The maximum absolute atomic E-state index is 13.7. The Morgan fingerprint density at radius 2 is 1.81 bits per heavy atom. The lowest BCUT2D eigenvalue weighted by atomic mass is 10.0. The highest BCUT2D eigenvalue weighted by atomic mass is 16.2. The van der Waals surface area contributed by atoms with Crippen LogP contribution in [-0.2, 0) is 20.0 Å². The summed E-state index contributed by atoms with van der Waals surface area (Å²) in [7, 11) is 3.68. The smallest absolute Gasteiger partial charge is 0.275 e. The average Bonchev–Trinajstić information content (AvgIpc) is 3.42. The molecule has 2 heterocycles. The van der Waals surface area contributed by atoms with E-state index in [1.54, 1.807) is 20.3 Å². The van der Waals surface area contributed by atoms with Gasteiger partial charge in [-0.15, -0.1) is 0 Å². The molecule has 0 aliphatic rings. The SMILES string of the molecule is CCn1nc(C)cc1C(=O)NCC[C@H](Cc1ccccc1)N(C)C(=O)c1nn(C)c2ccc(C)cc12. The van der Waals surface area contributed by atoms with Crippen LogP contribution in [0, 0.1) is 13.8 Å². The van der Waals surface area contributed by atoms with Crippen LogP contribution >= 0.6 is 0 Å². The van der Waals surface area contributed by atoms with Crippen LogP contribution in [0.2, 0.25) is 0 Å². The van der Waals surface area contributed by atoms with Gasteiger partial charge in [0.2, 0.25) is 0 Å². The predicted octanol–water partition coefficient (Wildman–Crippen LogP) is 3.91. The predicted molar refractivity (Wildman–Crippen MR) is 141 cm³/mol. The standard InChI is InChI=1S/C28H34N6O2/c1-6-34-25(17-20(3)30-34)27(35)29-15-14-22(18-21-10-8-7-9-11-21)32(4)28(36)26-23-16-19(2)12-13-24(23)33(5)31-26/h7-13,16-17,22H,6,14-15,18H2,1-5H3,(H,29,35)/t22-/m1/s1. The fraction of sp³-hybridized carbons (Fsp3) is 0.357. The van der Waals surface area contributed by atoms with Crippen LogP contribution in [0.3, 0.4) is 0 Å². The molecular weight excluding hydrogens is 452 g/mol. The molecule has 8 heteroatoms. The molecule has 0 aliphatic heterocycles. The quantitative estimate of drug-likeness (QED) is 0.389. The molecule has 0 saturated carbocycles. The summed E-state index contributed by atoms with van der Waals surface area (Å²) in [4.78, 5) is 28.3. The maximum Gasteiger partial charge on any atom is 0.275 e. The van der Waals surface area contributed by atoms with E-state index in [2.05, 4.69) is 27.6 Å². The van der Waals surface area contributed by atoms with E-state index in [4.69, 9.17) is 0 Å². The van der Waals surface area contributed by atoms with Gasteiger partial charge >= 0.3 is 0 Å². The van der Waals surface area contributed by atoms with Crippen molar-refractivity contribution in [2.45, 2.75) is 46.2 Å². The van der Waals surface area contributed by atoms with Gasteiger partial charge in [0.1, 0.15) is 5.69 Å². The van der Waals surface area contributed by atoms with Gasteiger partial charge in [-0.05, 0) is 57.4 Å². The van der Waals surface area contributed by atoms with Crippen LogP contribution in [0.4, 0.5) is 0 Å². The van der Waals surface area contributed by atoms with E-state index in [0.717, 1.165) is 27.7 Å². The highest BCUT2D eigenvalue weighted by Crippen LogP contribution is 2.22. The topological polar surface area (TPSA) is 85.1 Å². The van der Waals surface area contributed by atoms with Gasteiger partial charge < -0.3 is 10.2 Å². The second kappa shape index (κ2) is 10.8. The number of aromatic nitrogens is 4. The van der Waals surface area contributed by atoms with Crippen LogP contribution in [0.5, 0.6) is 0 Å². The molecule has 188 valence electrons. The average molecular weight is 487 g/mol. The summed E-state index contributed by atoms with van der Waals surface area (Å²) in [6, 6.07) is 17.8. The number of fused-ring (bicyclic) bond motifs is 1. The van der Waals surface area contributed by atoms with Crippen LogP contribution < -0.4 is 5.32 Å². The number of amides is 2. The Hall–Kier alpha value is -3.94. The summed E-state index contributed by atoms with van der Waals surface area (Å²) < 4.78 is 3.46. The van der Waals surface area contributed by atoms with Crippen LogP contribution in [0.25, 0.3) is 10.9 Å². The molecule has 0 bridgehead atoms. The molecule has 4 aromatic rings. The van der Waals surface area contributed by atoms with Crippen molar-refractivity contribution in [3.8, 4) is 0 Å². The largest absolute Gasteiger partial charge is 0.351 e. The summed E-state index contributed by atoms with van der Waals surface area (Å²) in [5.41, 5.74) is 4.95. The lowest BCUT2D eigenvalue weighted by Crippen LogP contribution is -2.41. The molecule has 1 atom stereocenters. The van der Waals surface area contributed by atoms with Gasteiger partial charge in [0.15, 0.2) is 5.69 Å². The van der Waals surface area contributed by atoms with Crippen molar-refractivity contribution in [3.63, 3.8) is 0 Å². The molecular formula is C28H34N6O2. The van der Waals surface area contributed by atoms with Crippen molar-refractivity contribution in [2.75, 3.05) is 13.6 Å². The van der Waals surface area contributed by atoms with E-state index in [0.29, 0.717) is 37.3 Å². The Balaban J connectivity index is 1.53. The molecule has 0 fully saturated rings. The van der Waals surface area contributed by atoms with Gasteiger partial charge in [-0.2, -0.15) is 10.2 Å². The highest BCUT2D eigenvalue weighted by molar-refractivity contribution is 6.05. The van der Waals surface area contributed by atoms with Gasteiger partial charge in [0.05, 0.1) is 11.2 Å². The molecule has 0 spiro atoms. The monoisotopic (exact) mass is 486 g/mol. The first-order valence-electron chi connectivity index (χ1n) is 12.4. The number of hydrogen-bond acceptors (Lipinski definition) is 4. The third-order valence-corrected chi connectivity index (χ3v) is 6.59. The molecule has 4 rings (SSSR count). The molecule has 2 aromatic heterocycles. The van der Waals surface area contributed by atoms with Crippen molar-refractivity contribution in [3.05, 3.63) is 82.8 Å². The van der Waals surface area contributed by atoms with E-state index in [9.17, 15) is 9.59 Å². The number of nitrogens with zero attached hydrogens (tertiary/aromatic N) is 5. The Kier molecular flexibility index (Phi) is 7.52. The van der Waals surface area contributed by atoms with Gasteiger partial charge in [-0.25, -0.2) is 0 Å².